The first-order valence-electron chi connectivity index (χ1n) is 11.4. The van der Waals surface area contributed by atoms with Crippen LogP contribution in [0.5, 0.6) is 0 Å². The molecule has 0 aromatic heterocycles. The average molecular weight is 655 g/mol. The molecule has 1 saturated carbocycles. The van der Waals surface area contributed by atoms with Crippen molar-refractivity contribution in [2.75, 3.05) is 16.0 Å². The first kappa shape index (κ1) is 30.8. The second-order valence-corrected chi connectivity index (χ2v) is 11.2. The molecule has 0 heterocycles. The van der Waals surface area contributed by atoms with Crippen molar-refractivity contribution in [3.8, 4) is 0 Å². The van der Waals surface area contributed by atoms with Crippen molar-refractivity contribution >= 4 is 81.2 Å². The molecule has 6 nitrogen and oxygen atoms in total. The number of anilines is 3. The van der Waals surface area contributed by atoms with Crippen LogP contribution in [0, 0.1) is 17.6 Å². The van der Waals surface area contributed by atoms with Crippen LogP contribution in [0.2, 0.25) is 10.0 Å². The predicted octanol–water partition coefficient (Wildman–Crippen LogP) is 8.03. The van der Waals surface area contributed by atoms with Gasteiger partial charge in [0, 0.05) is 18.5 Å². The molecule has 3 aromatic carbocycles. The van der Waals surface area contributed by atoms with Gasteiger partial charge in [-0.1, -0.05) is 29.3 Å². The van der Waals surface area contributed by atoms with Crippen LogP contribution >= 0.6 is 46.4 Å². The molecule has 0 spiro atoms. The third-order valence-electron chi connectivity index (χ3n) is 6.11. The van der Waals surface area contributed by atoms with Crippen LogP contribution in [0.15, 0.2) is 48.5 Å². The molecule has 4 rings (SSSR count). The van der Waals surface area contributed by atoms with E-state index in [1.54, 1.807) is 0 Å². The van der Waals surface area contributed by atoms with E-state index in [0.717, 1.165) is 37.3 Å². The van der Waals surface area contributed by atoms with Crippen LogP contribution in [0.3, 0.4) is 0 Å². The van der Waals surface area contributed by atoms with Gasteiger partial charge in [-0.3, -0.25) is 14.4 Å². The SMILES string of the molecule is CC(=O)Nc1c(F)ccc(NC(=O)c2cc(NC(=O)[C@H]3[C@H](c4ccc(Cl)c(C(F)(F)F)c4)C3(Cl)Cl)ccc2Cl)c1F. The molecule has 3 amide bonds. The summed E-state index contributed by atoms with van der Waals surface area (Å²) in [4.78, 5) is 37.1. The Bertz CT molecular complexity index is 1580. The summed E-state index contributed by atoms with van der Waals surface area (Å²) in [6.45, 7) is 1.04. The monoisotopic (exact) mass is 653 g/mol. The van der Waals surface area contributed by atoms with Gasteiger partial charge >= 0.3 is 6.18 Å². The summed E-state index contributed by atoms with van der Waals surface area (Å²) in [6.07, 6.45) is -4.75. The zero-order chi connectivity index (χ0) is 30.4. The van der Waals surface area contributed by atoms with Gasteiger partial charge in [0.15, 0.2) is 5.82 Å². The van der Waals surface area contributed by atoms with Crippen molar-refractivity contribution in [1.29, 1.82) is 0 Å². The third kappa shape index (κ3) is 6.38. The maximum absolute atomic E-state index is 14.7. The maximum Gasteiger partial charge on any atom is 0.417 e. The lowest BCUT2D eigenvalue weighted by Crippen LogP contribution is -2.19. The van der Waals surface area contributed by atoms with Crippen molar-refractivity contribution in [1.82, 2.24) is 0 Å². The Hall–Kier alpha value is -3.12. The fraction of sp³-hybridized carbons (Fsp3) is 0.192. The highest BCUT2D eigenvalue weighted by molar-refractivity contribution is 6.53. The Kier molecular flexibility index (Phi) is 8.48. The van der Waals surface area contributed by atoms with Gasteiger partial charge in [-0.2, -0.15) is 13.2 Å². The van der Waals surface area contributed by atoms with Gasteiger partial charge in [0.1, 0.15) is 15.8 Å². The lowest BCUT2D eigenvalue weighted by Gasteiger charge is -2.13. The topological polar surface area (TPSA) is 87.3 Å². The highest BCUT2D eigenvalue weighted by atomic mass is 35.5. The Morgan fingerprint density at radius 2 is 1.54 bits per heavy atom. The minimum absolute atomic E-state index is 0.0323. The first-order chi connectivity index (χ1) is 19.0. The molecule has 3 aromatic rings. The van der Waals surface area contributed by atoms with Crippen LogP contribution in [-0.2, 0) is 15.8 Å². The highest BCUT2D eigenvalue weighted by Crippen LogP contribution is 2.65. The van der Waals surface area contributed by atoms with E-state index in [1.807, 2.05) is 5.32 Å². The number of amides is 3. The van der Waals surface area contributed by atoms with E-state index < -0.39 is 73.7 Å². The number of rotatable bonds is 6. The van der Waals surface area contributed by atoms with Crippen molar-refractivity contribution < 1.29 is 36.3 Å². The number of hydrogen-bond acceptors (Lipinski definition) is 3. The van der Waals surface area contributed by atoms with Gasteiger partial charge < -0.3 is 16.0 Å². The number of halogens is 9. The summed E-state index contributed by atoms with van der Waals surface area (Å²) in [7, 11) is 0. The van der Waals surface area contributed by atoms with Crippen molar-refractivity contribution in [3.63, 3.8) is 0 Å². The van der Waals surface area contributed by atoms with Crippen LogP contribution in [0.1, 0.15) is 34.3 Å². The van der Waals surface area contributed by atoms with Crippen molar-refractivity contribution in [2.45, 2.75) is 23.4 Å². The van der Waals surface area contributed by atoms with E-state index in [-0.39, 0.29) is 21.8 Å². The fourth-order valence-electron chi connectivity index (χ4n) is 4.15. The third-order valence-corrected chi connectivity index (χ3v) is 7.71. The van der Waals surface area contributed by atoms with Crippen molar-refractivity contribution in [3.05, 3.63) is 86.9 Å². The van der Waals surface area contributed by atoms with Crippen LogP contribution in [-0.4, -0.2) is 22.1 Å². The molecule has 0 bridgehead atoms. The summed E-state index contributed by atoms with van der Waals surface area (Å²) in [6, 6.07) is 8.59. The van der Waals surface area contributed by atoms with Gasteiger partial charge in [-0.25, -0.2) is 8.78 Å². The number of alkyl halides is 5. The molecule has 15 heteroatoms. The largest absolute Gasteiger partial charge is 0.417 e. The number of hydrogen-bond donors (Lipinski definition) is 3. The molecule has 1 aliphatic carbocycles. The Balaban J connectivity index is 1.53. The normalized spacial score (nSPS) is 17.5. The summed E-state index contributed by atoms with van der Waals surface area (Å²) in [5.41, 5.74) is -2.50. The van der Waals surface area contributed by atoms with Crippen LogP contribution < -0.4 is 16.0 Å². The number of carbonyl (C=O) groups excluding carboxylic acids is 3. The highest BCUT2D eigenvalue weighted by Gasteiger charge is 2.67. The van der Waals surface area contributed by atoms with E-state index in [0.29, 0.717) is 0 Å². The zero-order valence-corrected chi connectivity index (χ0v) is 23.4. The second kappa shape index (κ2) is 11.3. The van der Waals surface area contributed by atoms with E-state index in [2.05, 4.69) is 10.6 Å². The number of carbonyl (C=O) groups is 3. The Labute approximate surface area is 249 Å². The fourth-order valence-corrected chi connectivity index (χ4v) is 5.40. The molecule has 1 fully saturated rings. The first-order valence-corrected chi connectivity index (χ1v) is 12.9. The van der Waals surface area contributed by atoms with Gasteiger partial charge in [0.05, 0.1) is 32.8 Å². The van der Waals surface area contributed by atoms with Gasteiger partial charge in [-0.05, 0) is 48.0 Å². The molecular weight excluding hydrogens is 639 g/mol. The molecule has 0 radical (unpaired) electrons. The minimum Gasteiger partial charge on any atom is -0.326 e. The molecule has 2 atom stereocenters. The van der Waals surface area contributed by atoms with E-state index in [4.69, 9.17) is 46.4 Å². The van der Waals surface area contributed by atoms with E-state index in [9.17, 15) is 36.3 Å². The molecule has 216 valence electrons. The molecular formula is C26H16Cl4F5N3O3. The molecule has 3 N–H and O–H groups in total. The average Bonchev–Trinajstić information content (AvgIpc) is 3.45. The number of benzene rings is 3. The lowest BCUT2D eigenvalue weighted by molar-refractivity contribution is -0.137. The minimum atomic E-state index is -4.75. The second-order valence-electron chi connectivity index (χ2n) is 8.97. The zero-order valence-electron chi connectivity index (χ0n) is 20.4. The predicted molar refractivity (Wildman–Crippen MR) is 146 cm³/mol. The smallest absolute Gasteiger partial charge is 0.326 e. The lowest BCUT2D eigenvalue weighted by atomic mass is 10.0. The molecule has 0 unspecified atom stereocenters. The molecule has 1 aliphatic rings. The van der Waals surface area contributed by atoms with E-state index >= 15 is 0 Å². The van der Waals surface area contributed by atoms with Crippen molar-refractivity contribution in [2.24, 2.45) is 5.92 Å². The molecule has 41 heavy (non-hydrogen) atoms. The Morgan fingerprint density at radius 1 is 0.878 bits per heavy atom. The molecule has 0 saturated heterocycles. The summed E-state index contributed by atoms with van der Waals surface area (Å²) in [5, 5.41) is 6.06. The van der Waals surface area contributed by atoms with Gasteiger partial charge in [0.25, 0.3) is 5.91 Å². The maximum atomic E-state index is 14.7. The molecule has 0 aliphatic heterocycles. The van der Waals surface area contributed by atoms with E-state index in [1.165, 1.54) is 18.2 Å². The van der Waals surface area contributed by atoms with Crippen LogP contribution in [0.25, 0.3) is 0 Å². The van der Waals surface area contributed by atoms with Crippen LogP contribution in [0.4, 0.5) is 39.0 Å². The quantitative estimate of drug-likeness (QED) is 0.186. The van der Waals surface area contributed by atoms with Gasteiger partial charge in [-0.15, -0.1) is 23.2 Å². The van der Waals surface area contributed by atoms with Gasteiger partial charge in [0.2, 0.25) is 11.8 Å². The summed E-state index contributed by atoms with van der Waals surface area (Å²) in [5.74, 6) is -6.93. The Morgan fingerprint density at radius 3 is 2.17 bits per heavy atom. The number of nitrogens with one attached hydrogen (secondary N) is 3. The summed E-state index contributed by atoms with van der Waals surface area (Å²) < 4.78 is 66.8. The summed E-state index contributed by atoms with van der Waals surface area (Å²) >= 11 is 24.3. The standard InChI is InChI=1S/C26H16Cl4F5N3O3/c1-10(39)36-22-17(31)6-7-18(21(22)32)38-23(40)13-9-12(3-5-15(13)27)37-24(41)20-19(25(20,29)30)11-2-4-16(28)14(8-11)26(33,34)35/h2-9,19-20H,1H3,(H,36,39)(H,37,41)(H,38,40)/t19-,20+/m0/s1.